The highest BCUT2D eigenvalue weighted by molar-refractivity contribution is 6.30. The number of carbonyl (C=O) groups excluding carboxylic acids is 1. The third-order valence-electron chi connectivity index (χ3n) is 3.49. The van der Waals surface area contributed by atoms with Gasteiger partial charge in [-0.1, -0.05) is 29.8 Å². The van der Waals surface area contributed by atoms with Gasteiger partial charge in [-0.25, -0.2) is 0 Å². The molecule has 0 radical (unpaired) electrons. The molecule has 1 aromatic heterocycles. The Morgan fingerprint density at radius 1 is 1.16 bits per heavy atom. The van der Waals surface area contributed by atoms with Crippen LogP contribution in [0.4, 0.5) is 22.9 Å². The molecule has 25 heavy (non-hydrogen) atoms. The van der Waals surface area contributed by atoms with Gasteiger partial charge in [0, 0.05) is 29.9 Å². The predicted octanol–water partition coefficient (Wildman–Crippen LogP) is 4.38. The second kappa shape index (κ2) is 7.72. The zero-order chi connectivity index (χ0) is 17.6. The first-order chi connectivity index (χ1) is 12.1. The number of aromatic amines is 1. The molecule has 0 bridgehead atoms. The minimum Gasteiger partial charge on any atom is -0.365 e. The van der Waals surface area contributed by atoms with E-state index in [9.17, 15) is 4.79 Å². The van der Waals surface area contributed by atoms with Crippen LogP contribution in [-0.2, 0) is 11.3 Å². The minimum atomic E-state index is -0.0833. The molecule has 0 atom stereocenters. The van der Waals surface area contributed by atoms with Crippen LogP contribution in [0.25, 0.3) is 0 Å². The summed E-state index contributed by atoms with van der Waals surface area (Å²) in [4.78, 5) is 11.0. The van der Waals surface area contributed by atoms with Crippen molar-refractivity contribution in [2.24, 2.45) is 0 Å². The third-order valence-corrected chi connectivity index (χ3v) is 3.72. The molecule has 128 valence electrons. The normalized spacial score (nSPS) is 10.3. The molecule has 6 nitrogen and oxygen atoms in total. The molecule has 0 aliphatic heterocycles. The molecule has 0 spiro atoms. The maximum atomic E-state index is 11.0. The van der Waals surface area contributed by atoms with Gasteiger partial charge < -0.3 is 16.0 Å². The Kier molecular flexibility index (Phi) is 5.20. The van der Waals surface area contributed by atoms with Crippen LogP contribution < -0.4 is 16.0 Å². The van der Waals surface area contributed by atoms with Crippen molar-refractivity contribution in [3.05, 3.63) is 65.3 Å². The summed E-state index contributed by atoms with van der Waals surface area (Å²) in [6.07, 6.45) is 1.71. The summed E-state index contributed by atoms with van der Waals surface area (Å²) >= 11 is 6.00. The number of nitrogens with one attached hydrogen (secondary N) is 4. The van der Waals surface area contributed by atoms with E-state index in [1.165, 1.54) is 6.92 Å². The standard InChI is InChI=1S/C18H18ClN5O/c1-12(25)22-15-7-5-13(6-8-15)10-20-18-17(11-21-24-18)23-16-4-2-3-14(19)9-16/h2-9,11,23H,10H2,1H3,(H,22,25)(H2,20,21,24). The van der Waals surface area contributed by atoms with Crippen molar-refractivity contribution in [3.63, 3.8) is 0 Å². The maximum absolute atomic E-state index is 11.0. The lowest BCUT2D eigenvalue weighted by molar-refractivity contribution is -0.114. The van der Waals surface area contributed by atoms with Crippen LogP contribution in [0.15, 0.2) is 54.7 Å². The molecular weight excluding hydrogens is 338 g/mol. The molecule has 0 aliphatic rings. The molecular formula is C18H18ClN5O. The molecule has 3 rings (SSSR count). The number of benzene rings is 2. The largest absolute Gasteiger partial charge is 0.365 e. The molecule has 0 fully saturated rings. The fraction of sp³-hybridized carbons (Fsp3) is 0.111. The minimum absolute atomic E-state index is 0.0833. The number of halogens is 1. The van der Waals surface area contributed by atoms with Gasteiger partial charge in [-0.15, -0.1) is 0 Å². The van der Waals surface area contributed by atoms with Gasteiger partial charge in [0.05, 0.1) is 6.20 Å². The smallest absolute Gasteiger partial charge is 0.221 e. The fourth-order valence-corrected chi connectivity index (χ4v) is 2.53. The lowest BCUT2D eigenvalue weighted by Crippen LogP contribution is -2.06. The summed E-state index contributed by atoms with van der Waals surface area (Å²) in [6, 6.07) is 15.1. The molecule has 7 heteroatoms. The molecule has 1 heterocycles. The zero-order valence-corrected chi connectivity index (χ0v) is 14.4. The van der Waals surface area contributed by atoms with Crippen molar-refractivity contribution in [2.45, 2.75) is 13.5 Å². The molecule has 2 aromatic carbocycles. The van der Waals surface area contributed by atoms with E-state index in [4.69, 9.17) is 11.6 Å². The number of H-pyrrole nitrogens is 1. The topological polar surface area (TPSA) is 81.8 Å². The molecule has 0 unspecified atom stereocenters. The molecule has 4 N–H and O–H groups in total. The Morgan fingerprint density at radius 2 is 1.96 bits per heavy atom. The SMILES string of the molecule is CC(=O)Nc1ccc(CNc2[nH]ncc2Nc2cccc(Cl)c2)cc1. The molecule has 0 aliphatic carbocycles. The average molecular weight is 356 g/mol. The van der Waals surface area contributed by atoms with Crippen molar-refractivity contribution in [3.8, 4) is 0 Å². The molecule has 0 saturated heterocycles. The number of hydrogen-bond donors (Lipinski definition) is 4. The first-order valence-corrected chi connectivity index (χ1v) is 8.14. The van der Waals surface area contributed by atoms with Gasteiger partial charge in [-0.3, -0.25) is 9.89 Å². The van der Waals surface area contributed by atoms with E-state index in [0.717, 1.165) is 28.4 Å². The Bertz CT molecular complexity index is 860. The highest BCUT2D eigenvalue weighted by Crippen LogP contribution is 2.25. The number of amides is 1. The van der Waals surface area contributed by atoms with E-state index in [0.29, 0.717) is 11.6 Å². The summed E-state index contributed by atoms with van der Waals surface area (Å²) < 4.78 is 0. The van der Waals surface area contributed by atoms with Crippen LogP contribution in [0.5, 0.6) is 0 Å². The fourth-order valence-electron chi connectivity index (χ4n) is 2.34. The molecule has 1 amide bonds. The molecule has 3 aromatic rings. The van der Waals surface area contributed by atoms with E-state index < -0.39 is 0 Å². The van der Waals surface area contributed by atoms with Crippen molar-refractivity contribution < 1.29 is 4.79 Å². The number of carbonyl (C=O) groups is 1. The Labute approximate surface area is 150 Å². The van der Waals surface area contributed by atoms with E-state index in [-0.39, 0.29) is 5.91 Å². The summed E-state index contributed by atoms with van der Waals surface area (Å²) in [5.41, 5.74) is 3.58. The van der Waals surface area contributed by atoms with Crippen LogP contribution in [0, 0.1) is 0 Å². The van der Waals surface area contributed by atoms with Crippen LogP contribution in [0.2, 0.25) is 5.02 Å². The van der Waals surface area contributed by atoms with E-state index >= 15 is 0 Å². The van der Waals surface area contributed by atoms with Crippen molar-refractivity contribution in [1.82, 2.24) is 10.2 Å². The number of anilines is 4. The monoisotopic (exact) mass is 355 g/mol. The summed E-state index contributed by atoms with van der Waals surface area (Å²) in [5.74, 6) is 0.700. The van der Waals surface area contributed by atoms with Crippen LogP contribution in [0.1, 0.15) is 12.5 Å². The van der Waals surface area contributed by atoms with Crippen molar-refractivity contribution in [2.75, 3.05) is 16.0 Å². The van der Waals surface area contributed by atoms with E-state index in [1.54, 1.807) is 6.20 Å². The van der Waals surface area contributed by atoms with Gasteiger partial charge >= 0.3 is 0 Å². The van der Waals surface area contributed by atoms with Gasteiger partial charge in [-0.2, -0.15) is 5.10 Å². The maximum Gasteiger partial charge on any atom is 0.221 e. The van der Waals surface area contributed by atoms with Gasteiger partial charge in [-0.05, 0) is 35.9 Å². The Hall–Kier alpha value is -2.99. The summed E-state index contributed by atoms with van der Waals surface area (Å²) in [7, 11) is 0. The van der Waals surface area contributed by atoms with E-state index in [1.807, 2.05) is 48.5 Å². The summed E-state index contributed by atoms with van der Waals surface area (Å²) in [5, 5.41) is 17.0. The Morgan fingerprint density at radius 3 is 2.68 bits per heavy atom. The summed E-state index contributed by atoms with van der Waals surface area (Å²) in [6.45, 7) is 2.11. The lowest BCUT2D eigenvalue weighted by Gasteiger charge is -2.10. The van der Waals surface area contributed by atoms with Gasteiger partial charge in [0.15, 0.2) is 0 Å². The van der Waals surface area contributed by atoms with Crippen LogP contribution >= 0.6 is 11.6 Å². The quantitative estimate of drug-likeness (QED) is 0.529. The first kappa shape index (κ1) is 16.9. The number of aromatic nitrogens is 2. The second-order valence-electron chi connectivity index (χ2n) is 5.53. The predicted molar refractivity (Wildman–Crippen MR) is 101 cm³/mol. The molecule has 0 saturated carbocycles. The first-order valence-electron chi connectivity index (χ1n) is 7.76. The highest BCUT2D eigenvalue weighted by atomic mass is 35.5. The van der Waals surface area contributed by atoms with Gasteiger partial charge in [0.2, 0.25) is 5.91 Å². The Balaban J connectivity index is 1.62. The van der Waals surface area contributed by atoms with Crippen LogP contribution in [-0.4, -0.2) is 16.1 Å². The van der Waals surface area contributed by atoms with Gasteiger partial charge in [0.25, 0.3) is 0 Å². The van der Waals surface area contributed by atoms with Crippen molar-refractivity contribution >= 4 is 40.4 Å². The average Bonchev–Trinajstić information content (AvgIpc) is 3.01. The van der Waals surface area contributed by atoms with Crippen molar-refractivity contribution in [1.29, 1.82) is 0 Å². The second-order valence-corrected chi connectivity index (χ2v) is 5.96. The van der Waals surface area contributed by atoms with E-state index in [2.05, 4.69) is 26.1 Å². The highest BCUT2D eigenvalue weighted by Gasteiger charge is 2.06. The number of nitrogens with zero attached hydrogens (tertiary/aromatic N) is 1. The lowest BCUT2D eigenvalue weighted by atomic mass is 10.2. The van der Waals surface area contributed by atoms with Crippen LogP contribution in [0.3, 0.4) is 0 Å². The number of hydrogen-bond acceptors (Lipinski definition) is 4. The third kappa shape index (κ3) is 4.74. The number of rotatable bonds is 6. The zero-order valence-electron chi connectivity index (χ0n) is 13.6. The van der Waals surface area contributed by atoms with Gasteiger partial charge in [0.1, 0.15) is 11.5 Å².